The van der Waals surface area contributed by atoms with E-state index in [2.05, 4.69) is 17.4 Å². The van der Waals surface area contributed by atoms with Crippen molar-refractivity contribution >= 4 is 35.1 Å². The lowest BCUT2D eigenvalue weighted by atomic mass is 9.73. The molecule has 0 unspecified atom stereocenters. The van der Waals surface area contributed by atoms with Crippen LogP contribution in [-0.4, -0.2) is 30.3 Å². The van der Waals surface area contributed by atoms with Gasteiger partial charge in [-0.05, 0) is 80.0 Å². The number of rotatable bonds is 6. The summed E-state index contributed by atoms with van der Waals surface area (Å²) in [6.45, 7) is 3.36. The highest BCUT2D eigenvalue weighted by Crippen LogP contribution is 2.45. The topological polar surface area (TPSA) is 92.8 Å². The summed E-state index contributed by atoms with van der Waals surface area (Å²) in [6.07, 6.45) is 2.21. The van der Waals surface area contributed by atoms with Crippen molar-refractivity contribution in [3.05, 3.63) is 95.1 Å². The molecule has 1 aliphatic carbocycles. The number of amides is 3. The lowest BCUT2D eigenvalue weighted by molar-refractivity contribution is -0.122. The number of esters is 1. The van der Waals surface area contributed by atoms with Gasteiger partial charge >= 0.3 is 5.97 Å². The minimum Gasteiger partial charge on any atom is -0.452 e. The van der Waals surface area contributed by atoms with Gasteiger partial charge in [-0.3, -0.25) is 19.3 Å². The van der Waals surface area contributed by atoms with Crippen LogP contribution in [0.15, 0.2) is 72.8 Å². The predicted octanol–water partition coefficient (Wildman–Crippen LogP) is 5.17. The Morgan fingerprint density at radius 2 is 1.50 bits per heavy atom. The summed E-state index contributed by atoms with van der Waals surface area (Å²) in [5.74, 6) is -1.82. The Bertz CT molecular complexity index is 1360. The van der Waals surface area contributed by atoms with Gasteiger partial charge in [-0.25, -0.2) is 4.79 Å². The van der Waals surface area contributed by atoms with Crippen LogP contribution in [0.5, 0.6) is 0 Å². The van der Waals surface area contributed by atoms with E-state index >= 15 is 0 Å². The van der Waals surface area contributed by atoms with Crippen molar-refractivity contribution in [2.75, 3.05) is 16.8 Å². The average molecular weight is 511 g/mol. The maximum absolute atomic E-state index is 13.3. The molecular formula is C31H30N2O5. The van der Waals surface area contributed by atoms with Crippen LogP contribution in [0.2, 0.25) is 0 Å². The van der Waals surface area contributed by atoms with E-state index < -0.39 is 18.5 Å². The van der Waals surface area contributed by atoms with Crippen molar-refractivity contribution in [1.29, 1.82) is 0 Å². The lowest BCUT2D eigenvalue weighted by Crippen LogP contribution is -2.30. The standard InChI is InChI=1S/C31H30N2O5/c1-19-7-6-8-20(2)28(19)32-27(34)18-38-31(37)22-11-14-24(15-12-22)33-29(35)25-16-13-23(17-26(25)30(33)36)21-9-4-3-5-10-21/h3-12,14-15,23,25-26H,13,16-18H2,1-2H3,(H,32,34)/t23-,25+,26-/m0/s1. The van der Waals surface area contributed by atoms with Crippen molar-refractivity contribution in [3.63, 3.8) is 0 Å². The molecule has 1 saturated heterocycles. The molecule has 0 radical (unpaired) electrons. The number of benzene rings is 3. The van der Waals surface area contributed by atoms with Crippen LogP contribution in [0.3, 0.4) is 0 Å². The summed E-state index contributed by atoms with van der Waals surface area (Å²) in [4.78, 5) is 52.6. The molecule has 0 aromatic heterocycles. The van der Waals surface area contributed by atoms with E-state index in [1.165, 1.54) is 22.6 Å². The molecule has 1 saturated carbocycles. The van der Waals surface area contributed by atoms with Gasteiger partial charge in [0, 0.05) is 5.69 Å². The molecule has 194 valence electrons. The largest absolute Gasteiger partial charge is 0.452 e. The van der Waals surface area contributed by atoms with Gasteiger partial charge in [-0.15, -0.1) is 0 Å². The maximum atomic E-state index is 13.3. The zero-order valence-corrected chi connectivity index (χ0v) is 21.5. The van der Waals surface area contributed by atoms with Gasteiger partial charge in [-0.1, -0.05) is 48.5 Å². The summed E-state index contributed by atoms with van der Waals surface area (Å²) in [5.41, 5.74) is 4.41. The molecular weight excluding hydrogens is 480 g/mol. The number of hydrogen-bond acceptors (Lipinski definition) is 5. The van der Waals surface area contributed by atoms with Crippen LogP contribution in [0.1, 0.15) is 52.2 Å². The van der Waals surface area contributed by atoms with Crippen LogP contribution >= 0.6 is 0 Å². The van der Waals surface area contributed by atoms with Crippen LogP contribution in [-0.2, 0) is 19.1 Å². The molecule has 7 heteroatoms. The third kappa shape index (κ3) is 4.96. The molecule has 3 amide bonds. The lowest BCUT2D eigenvalue weighted by Gasteiger charge is -2.28. The number of fused-ring (bicyclic) bond motifs is 1. The van der Waals surface area contributed by atoms with Gasteiger partial charge in [0.05, 0.1) is 23.1 Å². The number of hydrogen-bond donors (Lipinski definition) is 1. The Morgan fingerprint density at radius 3 is 2.18 bits per heavy atom. The van der Waals surface area contributed by atoms with Gasteiger partial charge < -0.3 is 10.1 Å². The number of carbonyl (C=O) groups is 4. The van der Waals surface area contributed by atoms with Crippen LogP contribution < -0.4 is 10.2 Å². The number of nitrogens with one attached hydrogen (secondary N) is 1. The van der Waals surface area contributed by atoms with Gasteiger partial charge in [-0.2, -0.15) is 0 Å². The molecule has 5 rings (SSSR count). The van der Waals surface area contributed by atoms with Gasteiger partial charge in [0.2, 0.25) is 11.8 Å². The molecule has 3 aromatic rings. The first-order valence-electron chi connectivity index (χ1n) is 12.9. The van der Waals surface area contributed by atoms with Crippen LogP contribution in [0.4, 0.5) is 11.4 Å². The normalized spacial score (nSPS) is 20.7. The highest BCUT2D eigenvalue weighted by Gasteiger charge is 2.50. The van der Waals surface area contributed by atoms with Crippen molar-refractivity contribution in [1.82, 2.24) is 0 Å². The third-order valence-corrected chi connectivity index (χ3v) is 7.64. The van der Waals surface area contributed by atoms with Gasteiger partial charge in [0.1, 0.15) is 0 Å². The van der Waals surface area contributed by atoms with Crippen molar-refractivity contribution in [2.24, 2.45) is 11.8 Å². The zero-order chi connectivity index (χ0) is 26.8. The SMILES string of the molecule is Cc1cccc(C)c1NC(=O)COC(=O)c1ccc(N2C(=O)[C@H]3C[C@@H](c4ccccc4)CC[C@H]3C2=O)cc1. The second-order valence-electron chi connectivity index (χ2n) is 10.1. The average Bonchev–Trinajstić information content (AvgIpc) is 3.19. The maximum Gasteiger partial charge on any atom is 0.338 e. The molecule has 3 aromatic carbocycles. The number of carbonyl (C=O) groups excluding carboxylic acids is 4. The summed E-state index contributed by atoms with van der Waals surface area (Å²) < 4.78 is 5.18. The summed E-state index contributed by atoms with van der Waals surface area (Å²) in [7, 11) is 0. The number of nitrogens with zero attached hydrogens (tertiary/aromatic N) is 1. The molecule has 0 spiro atoms. The quantitative estimate of drug-likeness (QED) is 0.365. The molecule has 1 aliphatic heterocycles. The molecule has 3 atom stereocenters. The van der Waals surface area contributed by atoms with E-state index in [9.17, 15) is 19.2 Å². The Balaban J connectivity index is 1.21. The minimum absolute atomic E-state index is 0.176. The zero-order valence-electron chi connectivity index (χ0n) is 21.5. The molecule has 7 nitrogen and oxygen atoms in total. The minimum atomic E-state index is -0.661. The van der Waals surface area contributed by atoms with Crippen LogP contribution in [0.25, 0.3) is 0 Å². The number of imide groups is 1. The molecule has 2 aliphatic rings. The Labute approximate surface area is 221 Å². The summed E-state index contributed by atoms with van der Waals surface area (Å²) in [5, 5.41) is 2.78. The second kappa shape index (κ2) is 10.6. The number of aryl methyl sites for hydroxylation is 2. The first-order valence-corrected chi connectivity index (χ1v) is 12.9. The van der Waals surface area contributed by atoms with Crippen LogP contribution in [0, 0.1) is 25.7 Å². The van der Waals surface area contributed by atoms with Crippen molar-refractivity contribution in [2.45, 2.75) is 39.0 Å². The van der Waals surface area contributed by atoms with E-state index in [-0.39, 0.29) is 35.1 Å². The number of ether oxygens (including phenoxy) is 1. The predicted molar refractivity (Wildman–Crippen MR) is 144 cm³/mol. The first kappa shape index (κ1) is 25.4. The van der Waals surface area contributed by atoms with E-state index in [4.69, 9.17) is 4.74 Å². The molecule has 1 heterocycles. The molecule has 0 bridgehead atoms. The Hall–Kier alpha value is -4.26. The smallest absolute Gasteiger partial charge is 0.338 e. The van der Waals surface area contributed by atoms with E-state index in [0.29, 0.717) is 24.2 Å². The first-order chi connectivity index (χ1) is 18.3. The molecule has 38 heavy (non-hydrogen) atoms. The monoisotopic (exact) mass is 510 g/mol. The van der Waals surface area contributed by atoms with Gasteiger partial charge in [0.15, 0.2) is 6.61 Å². The fraction of sp³-hybridized carbons (Fsp3) is 0.290. The second-order valence-corrected chi connectivity index (χ2v) is 10.1. The number of para-hydroxylation sites is 1. The Kier molecular flexibility index (Phi) is 7.09. The third-order valence-electron chi connectivity index (χ3n) is 7.64. The summed E-state index contributed by atoms with van der Waals surface area (Å²) in [6, 6.07) is 22.0. The fourth-order valence-electron chi connectivity index (χ4n) is 5.61. The number of anilines is 2. The highest BCUT2D eigenvalue weighted by molar-refractivity contribution is 6.22. The highest BCUT2D eigenvalue weighted by atomic mass is 16.5. The van der Waals surface area contributed by atoms with Crippen molar-refractivity contribution < 1.29 is 23.9 Å². The molecule has 2 fully saturated rings. The Morgan fingerprint density at radius 1 is 0.842 bits per heavy atom. The molecule has 1 N–H and O–H groups in total. The van der Waals surface area contributed by atoms with E-state index in [1.807, 2.05) is 50.2 Å². The van der Waals surface area contributed by atoms with E-state index in [1.54, 1.807) is 12.1 Å². The fourth-order valence-corrected chi connectivity index (χ4v) is 5.61. The van der Waals surface area contributed by atoms with Crippen molar-refractivity contribution in [3.8, 4) is 0 Å². The van der Waals surface area contributed by atoms with Gasteiger partial charge in [0.25, 0.3) is 5.91 Å². The summed E-state index contributed by atoms with van der Waals surface area (Å²) >= 11 is 0. The van der Waals surface area contributed by atoms with E-state index in [0.717, 1.165) is 17.5 Å².